The zero-order valence-corrected chi connectivity index (χ0v) is 11.6. The molecule has 0 atom stereocenters. The summed E-state index contributed by atoms with van der Waals surface area (Å²) in [6.45, 7) is 1.86. The molecule has 0 spiro atoms. The minimum atomic E-state index is 0.314. The topological polar surface area (TPSA) is 46.3 Å². The number of aromatic amines is 1. The quantitative estimate of drug-likeness (QED) is 0.771. The first-order chi connectivity index (χ1) is 10.4. The number of hydrogen-bond donors (Lipinski definition) is 2. The van der Waals surface area contributed by atoms with Gasteiger partial charge in [-0.1, -0.05) is 30.3 Å². The molecule has 0 saturated heterocycles. The van der Waals surface area contributed by atoms with Crippen molar-refractivity contribution >= 4 is 10.9 Å². The van der Waals surface area contributed by atoms with Crippen molar-refractivity contribution in [2.45, 2.75) is 13.1 Å². The highest BCUT2D eigenvalue weighted by atomic mass is 16.7. The van der Waals surface area contributed by atoms with Crippen LogP contribution < -0.4 is 14.8 Å². The van der Waals surface area contributed by atoms with Gasteiger partial charge < -0.3 is 19.8 Å². The Balaban J connectivity index is 1.45. The Labute approximate surface area is 122 Å². The first-order valence-corrected chi connectivity index (χ1v) is 7.05. The molecule has 0 unspecified atom stereocenters. The monoisotopic (exact) mass is 280 g/mol. The van der Waals surface area contributed by atoms with Gasteiger partial charge in [-0.3, -0.25) is 0 Å². The summed E-state index contributed by atoms with van der Waals surface area (Å²) in [7, 11) is 0. The largest absolute Gasteiger partial charge is 0.454 e. The van der Waals surface area contributed by atoms with Crippen LogP contribution in [-0.2, 0) is 13.1 Å². The van der Waals surface area contributed by atoms with Gasteiger partial charge in [-0.05, 0) is 23.6 Å². The summed E-state index contributed by atoms with van der Waals surface area (Å²) in [5.74, 6) is 1.70. The molecule has 4 rings (SSSR count). The van der Waals surface area contributed by atoms with Crippen LogP contribution in [0.2, 0.25) is 0 Å². The molecule has 1 aromatic heterocycles. The van der Waals surface area contributed by atoms with Crippen LogP contribution in [0.25, 0.3) is 10.9 Å². The number of rotatable bonds is 4. The molecule has 0 fully saturated rings. The molecular weight excluding hydrogens is 264 g/mol. The molecule has 4 nitrogen and oxygen atoms in total. The van der Waals surface area contributed by atoms with E-state index in [1.54, 1.807) is 0 Å². The van der Waals surface area contributed by atoms with Gasteiger partial charge in [0.15, 0.2) is 11.5 Å². The fourth-order valence-corrected chi connectivity index (χ4v) is 2.69. The van der Waals surface area contributed by atoms with Crippen molar-refractivity contribution in [1.29, 1.82) is 0 Å². The Morgan fingerprint density at radius 1 is 1.00 bits per heavy atom. The predicted molar refractivity (Wildman–Crippen MR) is 81.4 cm³/mol. The highest BCUT2D eigenvalue weighted by Gasteiger charge is 2.16. The second kappa shape index (κ2) is 5.14. The zero-order valence-electron chi connectivity index (χ0n) is 11.6. The molecular formula is C17H16N2O2. The van der Waals surface area contributed by atoms with Crippen molar-refractivity contribution in [3.05, 3.63) is 59.8 Å². The molecule has 2 N–H and O–H groups in total. The van der Waals surface area contributed by atoms with E-state index in [0.717, 1.165) is 30.2 Å². The normalized spacial score (nSPS) is 13.0. The lowest BCUT2D eigenvalue weighted by Crippen LogP contribution is -2.13. The van der Waals surface area contributed by atoms with Crippen LogP contribution in [0.15, 0.2) is 48.5 Å². The van der Waals surface area contributed by atoms with Gasteiger partial charge in [0.25, 0.3) is 0 Å². The number of aromatic nitrogens is 1. The average molecular weight is 280 g/mol. The second-order valence-electron chi connectivity index (χ2n) is 5.14. The van der Waals surface area contributed by atoms with Crippen LogP contribution >= 0.6 is 0 Å². The number of benzene rings is 2. The molecule has 3 aromatic rings. The van der Waals surface area contributed by atoms with Crippen molar-refractivity contribution in [3.63, 3.8) is 0 Å². The molecule has 0 bridgehead atoms. The van der Waals surface area contributed by atoms with Crippen molar-refractivity contribution in [1.82, 2.24) is 10.3 Å². The lowest BCUT2D eigenvalue weighted by atomic mass is 10.2. The van der Waals surface area contributed by atoms with Gasteiger partial charge in [-0.25, -0.2) is 0 Å². The summed E-state index contributed by atoms with van der Waals surface area (Å²) in [6, 6.07) is 16.5. The molecule has 0 amide bonds. The Bertz CT molecular complexity index is 746. The molecule has 21 heavy (non-hydrogen) atoms. The molecule has 4 heteroatoms. The van der Waals surface area contributed by atoms with Gasteiger partial charge in [0.1, 0.15) is 0 Å². The maximum Gasteiger partial charge on any atom is 0.231 e. The summed E-state index contributed by atoms with van der Waals surface area (Å²) in [5, 5.41) is 4.68. The number of fused-ring (bicyclic) bond motifs is 2. The van der Waals surface area contributed by atoms with Gasteiger partial charge in [0.05, 0.1) is 0 Å². The maximum atomic E-state index is 5.51. The van der Waals surface area contributed by atoms with Crippen LogP contribution in [0.3, 0.4) is 0 Å². The van der Waals surface area contributed by atoms with E-state index in [1.807, 2.05) is 18.2 Å². The Hall–Kier alpha value is -2.46. The number of H-pyrrole nitrogens is 1. The fourth-order valence-electron chi connectivity index (χ4n) is 2.69. The minimum Gasteiger partial charge on any atom is -0.454 e. The summed E-state index contributed by atoms with van der Waals surface area (Å²) in [5.41, 5.74) is 3.48. The van der Waals surface area contributed by atoms with Gasteiger partial charge in [0.2, 0.25) is 6.79 Å². The number of para-hydroxylation sites is 2. The van der Waals surface area contributed by atoms with Crippen LogP contribution in [0.1, 0.15) is 11.3 Å². The van der Waals surface area contributed by atoms with E-state index >= 15 is 0 Å². The number of nitrogens with one attached hydrogen (secondary N) is 2. The third-order valence-electron chi connectivity index (χ3n) is 3.69. The standard InChI is InChI=1S/C17H16N2O2/c1-2-6-15-12(4-1)8-14(19-15)10-18-9-13-5-3-7-16-17(13)21-11-20-16/h1-8,18-19H,9-11H2. The molecule has 106 valence electrons. The van der Waals surface area contributed by atoms with E-state index in [9.17, 15) is 0 Å². The number of hydrogen-bond acceptors (Lipinski definition) is 3. The summed E-state index contributed by atoms with van der Waals surface area (Å²) in [6.07, 6.45) is 0. The van der Waals surface area contributed by atoms with Gasteiger partial charge >= 0.3 is 0 Å². The van der Waals surface area contributed by atoms with Crippen molar-refractivity contribution in [3.8, 4) is 11.5 Å². The van der Waals surface area contributed by atoms with Gasteiger partial charge in [0, 0.05) is 29.9 Å². The molecule has 1 aliphatic heterocycles. The van der Waals surface area contributed by atoms with E-state index in [1.165, 1.54) is 16.6 Å². The molecule has 0 aliphatic carbocycles. The third-order valence-corrected chi connectivity index (χ3v) is 3.69. The van der Waals surface area contributed by atoms with E-state index in [2.05, 4.69) is 40.6 Å². The van der Waals surface area contributed by atoms with E-state index < -0.39 is 0 Å². The molecule has 1 aliphatic rings. The van der Waals surface area contributed by atoms with E-state index in [-0.39, 0.29) is 0 Å². The third kappa shape index (κ3) is 2.34. The maximum absolute atomic E-state index is 5.51. The lowest BCUT2D eigenvalue weighted by molar-refractivity contribution is 0.173. The number of ether oxygens (including phenoxy) is 2. The minimum absolute atomic E-state index is 0.314. The predicted octanol–water partition coefficient (Wildman–Crippen LogP) is 3.19. The highest BCUT2D eigenvalue weighted by molar-refractivity contribution is 5.80. The van der Waals surface area contributed by atoms with E-state index in [4.69, 9.17) is 9.47 Å². The van der Waals surface area contributed by atoms with Crippen LogP contribution in [-0.4, -0.2) is 11.8 Å². The van der Waals surface area contributed by atoms with E-state index in [0.29, 0.717) is 6.79 Å². The molecule has 0 saturated carbocycles. The van der Waals surface area contributed by atoms with Crippen LogP contribution in [0.5, 0.6) is 11.5 Å². The van der Waals surface area contributed by atoms with Crippen LogP contribution in [0.4, 0.5) is 0 Å². The molecule has 0 radical (unpaired) electrons. The smallest absolute Gasteiger partial charge is 0.231 e. The van der Waals surface area contributed by atoms with Gasteiger partial charge in [-0.15, -0.1) is 0 Å². The average Bonchev–Trinajstić information content (AvgIpc) is 3.13. The Morgan fingerprint density at radius 3 is 2.90 bits per heavy atom. The lowest BCUT2D eigenvalue weighted by Gasteiger charge is -2.06. The van der Waals surface area contributed by atoms with Crippen LogP contribution in [0, 0.1) is 0 Å². The van der Waals surface area contributed by atoms with Crippen molar-refractivity contribution < 1.29 is 9.47 Å². The summed E-state index contributed by atoms with van der Waals surface area (Å²) < 4.78 is 10.9. The first-order valence-electron chi connectivity index (χ1n) is 7.05. The fraction of sp³-hybridized carbons (Fsp3) is 0.176. The SMILES string of the molecule is c1cc(CNCc2cc3ccccc3[nH]2)c2c(c1)OCO2. The summed E-state index contributed by atoms with van der Waals surface area (Å²) >= 11 is 0. The molecule has 2 aromatic carbocycles. The zero-order chi connectivity index (χ0) is 14.1. The summed E-state index contributed by atoms with van der Waals surface area (Å²) in [4.78, 5) is 3.42. The highest BCUT2D eigenvalue weighted by Crippen LogP contribution is 2.35. The molecule has 2 heterocycles. The second-order valence-corrected chi connectivity index (χ2v) is 5.14. The Kier molecular flexibility index (Phi) is 3.01. The van der Waals surface area contributed by atoms with Gasteiger partial charge in [-0.2, -0.15) is 0 Å². The van der Waals surface area contributed by atoms with Crippen molar-refractivity contribution in [2.24, 2.45) is 0 Å². The Morgan fingerprint density at radius 2 is 1.95 bits per heavy atom. The first kappa shape index (κ1) is 12.3. The van der Waals surface area contributed by atoms with Crippen molar-refractivity contribution in [2.75, 3.05) is 6.79 Å².